The zero-order valence-corrected chi connectivity index (χ0v) is 21.4. The van der Waals surface area contributed by atoms with Crippen LogP contribution in [-0.4, -0.2) is 83.5 Å². The summed E-state index contributed by atoms with van der Waals surface area (Å²) in [5, 5.41) is 7.54. The van der Waals surface area contributed by atoms with E-state index in [9.17, 15) is 8.42 Å². The summed E-state index contributed by atoms with van der Waals surface area (Å²) >= 11 is 5.86. The predicted octanol–water partition coefficient (Wildman–Crippen LogP) is 1.73. The molecule has 13 nitrogen and oxygen atoms in total. The molecular weight excluding hydrogens is 514 g/mol. The molecule has 0 radical (unpaired) electrons. The first-order valence-corrected chi connectivity index (χ1v) is 12.9. The fourth-order valence-electron chi connectivity index (χ4n) is 3.60. The van der Waals surface area contributed by atoms with Gasteiger partial charge in [0.2, 0.25) is 21.9 Å². The maximum atomic E-state index is 13.4. The fourth-order valence-corrected chi connectivity index (χ4v) is 4.85. The van der Waals surface area contributed by atoms with E-state index in [1.54, 1.807) is 22.8 Å². The van der Waals surface area contributed by atoms with Crippen LogP contribution in [0.4, 0.5) is 5.95 Å². The number of anilines is 1. The van der Waals surface area contributed by atoms with Gasteiger partial charge in [0.05, 0.1) is 44.6 Å². The molecule has 1 N–H and O–H groups in total. The van der Waals surface area contributed by atoms with Gasteiger partial charge in [0.15, 0.2) is 11.6 Å². The largest absolute Gasteiger partial charge is 0.481 e. The highest BCUT2D eigenvalue weighted by Gasteiger charge is 2.34. The Labute approximate surface area is 213 Å². The molecule has 15 heteroatoms. The van der Waals surface area contributed by atoms with E-state index in [-0.39, 0.29) is 24.4 Å². The molecule has 4 heterocycles. The zero-order chi connectivity index (χ0) is 25.7. The van der Waals surface area contributed by atoms with E-state index >= 15 is 0 Å². The molecule has 194 valence electrons. The number of aromatic nitrogens is 6. The van der Waals surface area contributed by atoms with E-state index in [0.717, 1.165) is 0 Å². The van der Waals surface area contributed by atoms with Gasteiger partial charge in [-0.2, -0.15) is 0 Å². The van der Waals surface area contributed by atoms with Crippen molar-refractivity contribution in [2.24, 2.45) is 0 Å². The van der Waals surface area contributed by atoms with Gasteiger partial charge in [-0.1, -0.05) is 17.7 Å². The highest BCUT2D eigenvalue weighted by Crippen LogP contribution is 2.27. The van der Waals surface area contributed by atoms with Crippen LogP contribution < -0.4 is 9.46 Å². The van der Waals surface area contributed by atoms with Crippen LogP contribution in [0.2, 0.25) is 5.02 Å². The molecule has 3 atom stereocenters. The molecule has 36 heavy (non-hydrogen) atoms. The van der Waals surface area contributed by atoms with Gasteiger partial charge in [0.1, 0.15) is 17.0 Å². The molecular formula is C21H26ClN7O6S. The minimum absolute atomic E-state index is 0.0116. The van der Waals surface area contributed by atoms with E-state index in [0.29, 0.717) is 42.2 Å². The maximum Gasteiger partial charge on any atom is 0.240 e. The van der Waals surface area contributed by atoms with Gasteiger partial charge in [-0.15, -0.1) is 10.2 Å². The van der Waals surface area contributed by atoms with Gasteiger partial charge >= 0.3 is 0 Å². The monoisotopic (exact) mass is 539 g/mol. The van der Waals surface area contributed by atoms with Crippen LogP contribution in [0.3, 0.4) is 0 Å². The summed E-state index contributed by atoms with van der Waals surface area (Å²) in [6.07, 6.45) is 1.44. The van der Waals surface area contributed by atoms with E-state index < -0.39 is 21.4 Å². The Morgan fingerprint density at radius 2 is 2.00 bits per heavy atom. The number of halogens is 1. The predicted molar refractivity (Wildman–Crippen MR) is 129 cm³/mol. The van der Waals surface area contributed by atoms with Crippen molar-refractivity contribution >= 4 is 27.6 Å². The second kappa shape index (κ2) is 11.4. The summed E-state index contributed by atoms with van der Waals surface area (Å²) in [4.78, 5) is 12.6. The molecule has 3 aromatic rings. The molecule has 4 rings (SSSR count). The smallest absolute Gasteiger partial charge is 0.240 e. The van der Waals surface area contributed by atoms with Crippen LogP contribution in [0.25, 0.3) is 11.5 Å². The van der Waals surface area contributed by atoms with Crippen LogP contribution in [-0.2, 0) is 30.8 Å². The Kier molecular flexibility index (Phi) is 8.31. The van der Waals surface area contributed by atoms with Crippen LogP contribution in [0, 0.1) is 0 Å². The lowest BCUT2D eigenvalue weighted by Gasteiger charge is -2.25. The summed E-state index contributed by atoms with van der Waals surface area (Å²) in [7, 11) is -1.18. The third-order valence-corrected chi connectivity index (χ3v) is 7.37. The van der Waals surface area contributed by atoms with E-state index in [1.807, 2.05) is 0 Å². The van der Waals surface area contributed by atoms with Crippen molar-refractivity contribution in [3.63, 3.8) is 0 Å². The van der Waals surface area contributed by atoms with Crippen molar-refractivity contribution in [1.29, 1.82) is 0 Å². The number of pyridine rings is 1. The molecule has 1 saturated heterocycles. The first kappa shape index (κ1) is 26.2. The third kappa shape index (κ3) is 5.90. The number of methoxy groups -OCH3 is 2. The Hall–Kier alpha value is -2.91. The number of sulfonamides is 1. The van der Waals surface area contributed by atoms with Crippen molar-refractivity contribution in [1.82, 2.24) is 29.7 Å². The average molecular weight is 540 g/mol. The first-order chi connectivity index (χ1) is 17.3. The van der Waals surface area contributed by atoms with Gasteiger partial charge in [-0.3, -0.25) is 9.29 Å². The van der Waals surface area contributed by atoms with Crippen molar-refractivity contribution in [2.75, 3.05) is 38.8 Å². The molecule has 0 saturated carbocycles. The SMILES string of the molecule is COc1cccc(-c2nnc(NS(=O)(=O)[C@@H](C)[C@H](OC)c3ncc(Cl)cn3)n2C[C@H]2COCCO2)n1. The molecule has 1 aliphatic heterocycles. The second-order valence-corrected chi connectivity index (χ2v) is 10.3. The van der Waals surface area contributed by atoms with Crippen molar-refractivity contribution in [3.8, 4) is 17.4 Å². The lowest BCUT2D eigenvalue weighted by Crippen LogP contribution is -2.35. The Morgan fingerprint density at radius 1 is 1.22 bits per heavy atom. The molecule has 0 bridgehead atoms. The fraction of sp³-hybridized carbons (Fsp3) is 0.476. The van der Waals surface area contributed by atoms with Gasteiger partial charge < -0.3 is 18.9 Å². The number of ether oxygens (including phenoxy) is 4. The Bertz CT molecular complexity index is 1270. The second-order valence-electron chi connectivity index (χ2n) is 7.86. The number of nitrogens with zero attached hydrogens (tertiary/aromatic N) is 6. The number of hydrogen-bond donors (Lipinski definition) is 1. The lowest BCUT2D eigenvalue weighted by molar-refractivity contribution is -0.0932. The summed E-state index contributed by atoms with van der Waals surface area (Å²) in [5.41, 5.74) is 0.446. The molecule has 0 aliphatic carbocycles. The molecule has 0 amide bonds. The first-order valence-electron chi connectivity index (χ1n) is 11.0. The number of rotatable bonds is 10. The quantitative estimate of drug-likeness (QED) is 0.400. The van der Waals surface area contributed by atoms with Gasteiger partial charge in [-0.25, -0.2) is 23.4 Å². The summed E-state index contributed by atoms with van der Waals surface area (Å²) < 4.78 is 52.8. The molecule has 0 unspecified atom stereocenters. The molecule has 1 fully saturated rings. The van der Waals surface area contributed by atoms with E-state index in [2.05, 4.69) is 29.9 Å². The topological polar surface area (TPSA) is 152 Å². The molecule has 1 aliphatic rings. The Morgan fingerprint density at radius 3 is 2.67 bits per heavy atom. The highest BCUT2D eigenvalue weighted by atomic mass is 35.5. The third-order valence-electron chi connectivity index (χ3n) is 5.48. The molecule has 3 aromatic heterocycles. The highest BCUT2D eigenvalue weighted by molar-refractivity contribution is 7.93. The van der Waals surface area contributed by atoms with E-state index in [1.165, 1.54) is 33.5 Å². The average Bonchev–Trinajstić information content (AvgIpc) is 3.27. The minimum atomic E-state index is -4.06. The summed E-state index contributed by atoms with van der Waals surface area (Å²) in [6, 6.07) is 5.17. The van der Waals surface area contributed by atoms with Crippen LogP contribution in [0.5, 0.6) is 5.88 Å². The summed E-state index contributed by atoms with van der Waals surface area (Å²) in [5.74, 6) is 0.872. The zero-order valence-electron chi connectivity index (χ0n) is 19.9. The van der Waals surface area contributed by atoms with Crippen molar-refractivity contribution in [3.05, 3.63) is 41.4 Å². The minimum Gasteiger partial charge on any atom is -0.481 e. The standard InChI is InChI=1S/C21H26ClN7O6S/c1-13(18(33-3)19-23-9-14(22)10-24-19)36(30,31)28-21-27-26-20(16-5-4-6-17(25-16)32-2)29(21)11-15-12-34-7-8-35-15/h4-6,9-10,13,15,18H,7-8,11-12H2,1-3H3,(H,27,28)/t13-,15-,18-/m0/s1. The van der Waals surface area contributed by atoms with Crippen LogP contribution >= 0.6 is 11.6 Å². The summed E-state index contributed by atoms with van der Waals surface area (Å²) in [6.45, 7) is 2.96. The molecule has 0 aromatic carbocycles. The maximum absolute atomic E-state index is 13.4. The number of hydrogen-bond acceptors (Lipinski definition) is 11. The number of nitrogens with one attached hydrogen (secondary N) is 1. The van der Waals surface area contributed by atoms with Crippen molar-refractivity contribution < 1.29 is 27.4 Å². The van der Waals surface area contributed by atoms with Crippen LogP contribution in [0.15, 0.2) is 30.6 Å². The van der Waals surface area contributed by atoms with E-state index in [4.69, 9.17) is 30.5 Å². The van der Waals surface area contributed by atoms with Crippen molar-refractivity contribution in [2.45, 2.75) is 30.9 Å². The normalized spacial score (nSPS) is 17.9. The molecule has 0 spiro atoms. The van der Waals surface area contributed by atoms with Gasteiger partial charge in [-0.05, 0) is 13.0 Å². The van der Waals surface area contributed by atoms with Gasteiger partial charge in [0.25, 0.3) is 0 Å². The van der Waals surface area contributed by atoms with Crippen LogP contribution in [0.1, 0.15) is 18.9 Å². The van der Waals surface area contributed by atoms with Gasteiger partial charge in [0, 0.05) is 25.6 Å². The Balaban J connectivity index is 1.66. The lowest BCUT2D eigenvalue weighted by atomic mass is 10.2.